The summed E-state index contributed by atoms with van der Waals surface area (Å²) in [6, 6.07) is 4.14. The van der Waals surface area contributed by atoms with E-state index in [-0.39, 0.29) is 0 Å². The first-order chi connectivity index (χ1) is 9.55. The van der Waals surface area contributed by atoms with E-state index in [1.165, 1.54) is 6.07 Å². The Kier molecular flexibility index (Phi) is 4.62. The van der Waals surface area contributed by atoms with Crippen LogP contribution in [0.25, 0.3) is 0 Å². The van der Waals surface area contributed by atoms with Crippen molar-refractivity contribution < 1.29 is 13.2 Å². The van der Waals surface area contributed by atoms with Gasteiger partial charge in [0.15, 0.2) is 0 Å². The second-order valence-electron chi connectivity index (χ2n) is 4.13. The molecule has 0 radical (unpaired) electrons. The van der Waals surface area contributed by atoms with Gasteiger partial charge in [-0.25, -0.2) is 9.97 Å². The third-order valence-corrected chi connectivity index (χ3v) is 2.60. The second kappa shape index (κ2) is 6.42. The van der Waals surface area contributed by atoms with E-state index in [9.17, 15) is 13.2 Å². The predicted molar refractivity (Wildman–Crippen MR) is 66.7 cm³/mol. The van der Waals surface area contributed by atoms with Crippen LogP contribution in [0.5, 0.6) is 0 Å². The standard InChI is InChI=1S/C13H13F3N4/c14-13(15,16)10-2-3-11(20-8-10)9-17-7-4-12-18-5-1-6-19-12/h1-3,5-6,8,17H,4,7,9H2. The van der Waals surface area contributed by atoms with Crippen LogP contribution in [-0.2, 0) is 19.1 Å². The molecular formula is C13H13F3N4. The molecule has 1 N–H and O–H groups in total. The molecule has 0 fully saturated rings. The maximum atomic E-state index is 12.3. The van der Waals surface area contributed by atoms with Crippen LogP contribution < -0.4 is 5.32 Å². The van der Waals surface area contributed by atoms with E-state index in [1.54, 1.807) is 18.5 Å². The lowest BCUT2D eigenvalue weighted by Crippen LogP contribution is -2.18. The highest BCUT2D eigenvalue weighted by Crippen LogP contribution is 2.28. The van der Waals surface area contributed by atoms with Gasteiger partial charge < -0.3 is 5.32 Å². The van der Waals surface area contributed by atoms with E-state index >= 15 is 0 Å². The summed E-state index contributed by atoms with van der Waals surface area (Å²) in [5, 5.41) is 3.08. The van der Waals surface area contributed by atoms with Crippen molar-refractivity contribution in [1.82, 2.24) is 20.3 Å². The minimum atomic E-state index is -4.34. The topological polar surface area (TPSA) is 50.7 Å². The molecule has 0 spiro atoms. The van der Waals surface area contributed by atoms with Crippen LogP contribution in [0.1, 0.15) is 17.1 Å². The minimum Gasteiger partial charge on any atom is -0.311 e. The zero-order chi connectivity index (χ0) is 14.4. The first-order valence-electron chi connectivity index (χ1n) is 6.04. The Balaban J connectivity index is 1.77. The Morgan fingerprint density at radius 1 is 1.05 bits per heavy atom. The van der Waals surface area contributed by atoms with E-state index < -0.39 is 11.7 Å². The fourth-order valence-electron chi connectivity index (χ4n) is 1.57. The Bertz CT molecular complexity index is 526. The van der Waals surface area contributed by atoms with Crippen molar-refractivity contribution in [3.05, 3.63) is 53.9 Å². The number of halogens is 3. The molecule has 0 aromatic carbocycles. The highest BCUT2D eigenvalue weighted by molar-refractivity contribution is 5.16. The number of pyridine rings is 1. The lowest BCUT2D eigenvalue weighted by molar-refractivity contribution is -0.137. The third-order valence-electron chi connectivity index (χ3n) is 2.60. The van der Waals surface area contributed by atoms with Gasteiger partial charge in [0.2, 0.25) is 0 Å². The van der Waals surface area contributed by atoms with Crippen LogP contribution in [0, 0.1) is 0 Å². The first-order valence-corrected chi connectivity index (χ1v) is 6.04. The van der Waals surface area contributed by atoms with Gasteiger partial charge in [-0.3, -0.25) is 4.98 Å². The molecule has 2 heterocycles. The summed E-state index contributed by atoms with van der Waals surface area (Å²) in [4.78, 5) is 11.9. The molecule has 0 aliphatic rings. The molecule has 20 heavy (non-hydrogen) atoms. The summed E-state index contributed by atoms with van der Waals surface area (Å²) in [6.07, 6.45) is 0.488. The summed E-state index contributed by atoms with van der Waals surface area (Å²) in [7, 11) is 0. The van der Waals surface area contributed by atoms with Crippen LogP contribution >= 0.6 is 0 Å². The van der Waals surface area contributed by atoms with Crippen molar-refractivity contribution in [3.8, 4) is 0 Å². The van der Waals surface area contributed by atoms with Crippen molar-refractivity contribution in [2.75, 3.05) is 6.54 Å². The molecule has 106 valence electrons. The molecule has 0 saturated heterocycles. The van der Waals surface area contributed by atoms with Gasteiger partial charge in [0.1, 0.15) is 5.82 Å². The van der Waals surface area contributed by atoms with E-state index in [4.69, 9.17) is 0 Å². The van der Waals surface area contributed by atoms with E-state index in [0.29, 0.717) is 25.2 Å². The van der Waals surface area contributed by atoms with E-state index in [2.05, 4.69) is 20.3 Å². The Morgan fingerprint density at radius 3 is 2.40 bits per heavy atom. The molecular weight excluding hydrogens is 269 g/mol. The van der Waals surface area contributed by atoms with Gasteiger partial charge in [0, 0.05) is 38.1 Å². The summed E-state index contributed by atoms with van der Waals surface area (Å²) in [5.41, 5.74) is -0.175. The normalized spacial score (nSPS) is 11.6. The van der Waals surface area contributed by atoms with Crippen LogP contribution in [0.3, 0.4) is 0 Å². The van der Waals surface area contributed by atoms with Crippen LogP contribution in [-0.4, -0.2) is 21.5 Å². The van der Waals surface area contributed by atoms with Gasteiger partial charge >= 0.3 is 6.18 Å². The second-order valence-corrected chi connectivity index (χ2v) is 4.13. The Morgan fingerprint density at radius 2 is 1.80 bits per heavy atom. The molecule has 7 heteroatoms. The number of aromatic nitrogens is 3. The van der Waals surface area contributed by atoms with E-state index in [1.807, 2.05) is 0 Å². The van der Waals surface area contributed by atoms with Gasteiger partial charge in [-0.05, 0) is 18.2 Å². The largest absolute Gasteiger partial charge is 0.417 e. The molecule has 2 aromatic heterocycles. The monoisotopic (exact) mass is 282 g/mol. The van der Waals surface area contributed by atoms with Gasteiger partial charge in [-0.15, -0.1) is 0 Å². The molecule has 0 aliphatic heterocycles. The maximum absolute atomic E-state index is 12.3. The zero-order valence-corrected chi connectivity index (χ0v) is 10.6. The SMILES string of the molecule is FC(F)(F)c1ccc(CNCCc2ncccn2)nc1. The molecule has 0 aliphatic carbocycles. The third kappa shape index (κ3) is 4.27. The molecule has 2 aromatic rings. The maximum Gasteiger partial charge on any atom is 0.417 e. The van der Waals surface area contributed by atoms with Gasteiger partial charge in [0.05, 0.1) is 11.3 Å². The average molecular weight is 282 g/mol. The molecule has 2 rings (SSSR count). The van der Waals surface area contributed by atoms with Crippen molar-refractivity contribution in [2.24, 2.45) is 0 Å². The van der Waals surface area contributed by atoms with E-state index in [0.717, 1.165) is 18.1 Å². The quantitative estimate of drug-likeness (QED) is 0.854. The number of alkyl halides is 3. The lowest BCUT2D eigenvalue weighted by Gasteiger charge is -2.07. The first kappa shape index (κ1) is 14.4. The van der Waals surface area contributed by atoms with Crippen LogP contribution in [0.4, 0.5) is 13.2 Å². The van der Waals surface area contributed by atoms with Crippen molar-refractivity contribution >= 4 is 0 Å². The highest BCUT2D eigenvalue weighted by Gasteiger charge is 2.30. The fourth-order valence-corrected chi connectivity index (χ4v) is 1.57. The Labute approximate surface area is 114 Å². The number of nitrogens with zero attached hydrogens (tertiary/aromatic N) is 3. The highest BCUT2D eigenvalue weighted by atomic mass is 19.4. The number of hydrogen-bond acceptors (Lipinski definition) is 4. The molecule has 0 unspecified atom stereocenters. The smallest absolute Gasteiger partial charge is 0.311 e. The van der Waals surface area contributed by atoms with Crippen molar-refractivity contribution in [1.29, 1.82) is 0 Å². The average Bonchev–Trinajstić information content (AvgIpc) is 2.44. The fraction of sp³-hybridized carbons (Fsp3) is 0.308. The molecule has 0 amide bonds. The summed E-state index contributed by atoms with van der Waals surface area (Å²) in [6.45, 7) is 1.04. The number of rotatable bonds is 5. The Hall–Kier alpha value is -2.02. The summed E-state index contributed by atoms with van der Waals surface area (Å²) >= 11 is 0. The minimum absolute atomic E-state index is 0.408. The van der Waals surface area contributed by atoms with Crippen LogP contribution in [0.2, 0.25) is 0 Å². The zero-order valence-electron chi connectivity index (χ0n) is 10.6. The molecule has 0 atom stereocenters. The molecule has 4 nitrogen and oxygen atoms in total. The van der Waals surface area contributed by atoms with Crippen LogP contribution in [0.15, 0.2) is 36.8 Å². The van der Waals surface area contributed by atoms with Gasteiger partial charge in [-0.2, -0.15) is 13.2 Å². The summed E-state index contributed by atoms with van der Waals surface area (Å²) < 4.78 is 37.0. The van der Waals surface area contributed by atoms with Crippen molar-refractivity contribution in [2.45, 2.75) is 19.1 Å². The van der Waals surface area contributed by atoms with Crippen molar-refractivity contribution in [3.63, 3.8) is 0 Å². The molecule has 0 bridgehead atoms. The van der Waals surface area contributed by atoms with Gasteiger partial charge in [0.25, 0.3) is 0 Å². The number of hydrogen-bond donors (Lipinski definition) is 1. The summed E-state index contributed by atoms with van der Waals surface area (Å²) in [5.74, 6) is 0.723. The number of nitrogens with one attached hydrogen (secondary N) is 1. The lowest BCUT2D eigenvalue weighted by atomic mass is 10.2. The predicted octanol–water partition coefficient (Wildman–Crippen LogP) is 2.22. The van der Waals surface area contributed by atoms with Gasteiger partial charge in [-0.1, -0.05) is 0 Å². The molecule has 0 saturated carbocycles.